The third-order valence-electron chi connectivity index (χ3n) is 4.45. The summed E-state index contributed by atoms with van der Waals surface area (Å²) in [5.41, 5.74) is 1.32. The van der Waals surface area contributed by atoms with Gasteiger partial charge in [-0.05, 0) is 49.9 Å². The van der Waals surface area contributed by atoms with Crippen LogP contribution in [0.1, 0.15) is 32.1 Å². The van der Waals surface area contributed by atoms with Crippen LogP contribution in [0.4, 0.5) is 21.0 Å². The lowest BCUT2D eigenvalue weighted by Gasteiger charge is -2.25. The molecule has 3 rings (SSSR count). The van der Waals surface area contributed by atoms with Gasteiger partial charge in [0, 0.05) is 11.4 Å². The molecule has 6 nitrogen and oxygen atoms in total. The average Bonchev–Trinajstić information content (AvgIpc) is 2.88. The first-order valence-electron chi connectivity index (χ1n) is 9.26. The Morgan fingerprint density at radius 3 is 1.48 bits per heavy atom. The molecular weight excluding hydrogens is 344 g/mol. The van der Waals surface area contributed by atoms with Gasteiger partial charge in [-0.2, -0.15) is 0 Å². The van der Waals surface area contributed by atoms with Gasteiger partial charge < -0.3 is 9.47 Å². The van der Waals surface area contributed by atoms with E-state index in [4.69, 9.17) is 9.47 Å². The summed E-state index contributed by atoms with van der Waals surface area (Å²) in [5.74, 6) is 0. The predicted molar refractivity (Wildman–Crippen MR) is 104 cm³/mol. The Morgan fingerprint density at radius 2 is 1.07 bits per heavy atom. The first kappa shape index (κ1) is 18.8. The summed E-state index contributed by atoms with van der Waals surface area (Å²) < 4.78 is 11.2. The van der Waals surface area contributed by atoms with Gasteiger partial charge in [0.15, 0.2) is 0 Å². The number of hydrogen-bond donors (Lipinski definition) is 2. The van der Waals surface area contributed by atoms with Crippen LogP contribution in [0.15, 0.2) is 60.7 Å². The fraction of sp³-hybridized carbons (Fsp3) is 0.333. The molecule has 1 fully saturated rings. The molecule has 2 atom stereocenters. The van der Waals surface area contributed by atoms with Crippen molar-refractivity contribution in [2.75, 3.05) is 10.6 Å². The second-order valence-electron chi connectivity index (χ2n) is 6.51. The number of rotatable bonds is 4. The van der Waals surface area contributed by atoms with Gasteiger partial charge in [-0.3, -0.25) is 10.6 Å². The highest BCUT2D eigenvalue weighted by Crippen LogP contribution is 2.24. The molecule has 2 aromatic carbocycles. The van der Waals surface area contributed by atoms with Gasteiger partial charge in [0.2, 0.25) is 0 Å². The first-order valence-corrected chi connectivity index (χ1v) is 9.26. The van der Waals surface area contributed by atoms with Crippen LogP contribution in [-0.2, 0) is 9.47 Å². The second kappa shape index (κ2) is 9.62. The number of nitrogens with one attached hydrogen (secondary N) is 2. The molecular formula is C21H24N2O4. The molecule has 1 aliphatic carbocycles. The van der Waals surface area contributed by atoms with Crippen molar-refractivity contribution in [2.24, 2.45) is 0 Å². The third-order valence-corrected chi connectivity index (χ3v) is 4.45. The lowest BCUT2D eigenvalue weighted by molar-refractivity contribution is -0.00356. The second-order valence-corrected chi connectivity index (χ2v) is 6.51. The Labute approximate surface area is 158 Å². The first-order chi connectivity index (χ1) is 13.2. The summed E-state index contributed by atoms with van der Waals surface area (Å²) in [4.78, 5) is 24.5. The standard InChI is InChI=1S/C21H24N2O4/c24-20(22-16-10-4-1-5-11-16)26-18-14-8-3-9-15-19(18)27-21(25)23-17-12-6-2-7-13-17/h1-2,4-7,10-13,18-19H,3,8-9,14-15H2,(H,22,24)(H,23,25). The molecule has 2 aromatic rings. The Morgan fingerprint density at radius 1 is 0.667 bits per heavy atom. The molecule has 2 N–H and O–H groups in total. The lowest BCUT2D eigenvalue weighted by atomic mass is 10.1. The van der Waals surface area contributed by atoms with Crippen LogP contribution in [0, 0.1) is 0 Å². The number of amides is 2. The zero-order valence-corrected chi connectivity index (χ0v) is 15.1. The van der Waals surface area contributed by atoms with Crippen LogP contribution in [0.25, 0.3) is 0 Å². The van der Waals surface area contributed by atoms with Gasteiger partial charge in [-0.15, -0.1) is 0 Å². The van der Waals surface area contributed by atoms with E-state index < -0.39 is 24.4 Å². The molecule has 0 bridgehead atoms. The molecule has 1 saturated carbocycles. The van der Waals surface area contributed by atoms with Crippen molar-refractivity contribution in [3.05, 3.63) is 60.7 Å². The van der Waals surface area contributed by atoms with Crippen LogP contribution in [0.2, 0.25) is 0 Å². The van der Waals surface area contributed by atoms with E-state index in [1.807, 2.05) is 36.4 Å². The molecule has 0 aromatic heterocycles. The van der Waals surface area contributed by atoms with E-state index in [0.717, 1.165) is 19.3 Å². The van der Waals surface area contributed by atoms with Gasteiger partial charge in [-0.1, -0.05) is 42.8 Å². The van der Waals surface area contributed by atoms with Crippen molar-refractivity contribution in [1.82, 2.24) is 0 Å². The Hall–Kier alpha value is -3.02. The number of carbonyl (C=O) groups excluding carboxylic acids is 2. The summed E-state index contributed by atoms with van der Waals surface area (Å²) in [7, 11) is 0. The Kier molecular flexibility index (Phi) is 6.68. The van der Waals surface area contributed by atoms with E-state index in [1.54, 1.807) is 24.3 Å². The largest absolute Gasteiger partial charge is 0.442 e. The van der Waals surface area contributed by atoms with Crippen LogP contribution in [-0.4, -0.2) is 24.4 Å². The van der Waals surface area contributed by atoms with Crippen molar-refractivity contribution in [3.8, 4) is 0 Å². The molecule has 0 saturated heterocycles. The topological polar surface area (TPSA) is 76.7 Å². The molecule has 0 spiro atoms. The molecule has 27 heavy (non-hydrogen) atoms. The monoisotopic (exact) mass is 368 g/mol. The number of anilines is 2. The number of para-hydroxylation sites is 2. The maximum Gasteiger partial charge on any atom is 0.412 e. The fourth-order valence-electron chi connectivity index (χ4n) is 3.12. The lowest BCUT2D eigenvalue weighted by Crippen LogP contribution is -2.36. The zero-order valence-electron chi connectivity index (χ0n) is 15.1. The maximum absolute atomic E-state index is 12.2. The minimum absolute atomic E-state index is 0.460. The molecule has 0 radical (unpaired) electrons. The highest BCUT2D eigenvalue weighted by atomic mass is 16.6. The van der Waals surface area contributed by atoms with Crippen LogP contribution in [0.5, 0.6) is 0 Å². The Balaban J connectivity index is 1.57. The minimum atomic E-state index is -0.537. The van der Waals surface area contributed by atoms with Crippen LogP contribution < -0.4 is 10.6 Å². The molecule has 0 aliphatic heterocycles. The molecule has 142 valence electrons. The summed E-state index contributed by atoms with van der Waals surface area (Å²) in [6.45, 7) is 0. The normalized spacial score (nSPS) is 19.4. The molecule has 6 heteroatoms. The highest BCUT2D eigenvalue weighted by Gasteiger charge is 2.30. The summed E-state index contributed by atoms with van der Waals surface area (Å²) >= 11 is 0. The van der Waals surface area contributed by atoms with Gasteiger partial charge in [0.25, 0.3) is 0 Å². The number of benzene rings is 2. The van der Waals surface area contributed by atoms with Gasteiger partial charge >= 0.3 is 12.2 Å². The average molecular weight is 368 g/mol. The third kappa shape index (κ3) is 6.02. The summed E-state index contributed by atoms with van der Waals surface area (Å²) in [6.07, 6.45) is 2.25. The van der Waals surface area contributed by atoms with Gasteiger partial charge in [-0.25, -0.2) is 9.59 Å². The van der Waals surface area contributed by atoms with E-state index in [-0.39, 0.29) is 0 Å². The fourth-order valence-corrected chi connectivity index (χ4v) is 3.12. The maximum atomic E-state index is 12.2. The molecule has 2 amide bonds. The van der Waals surface area contributed by atoms with Crippen molar-refractivity contribution in [2.45, 2.75) is 44.3 Å². The number of hydrogen-bond acceptors (Lipinski definition) is 4. The SMILES string of the molecule is O=C(Nc1ccccc1)OC1CCCCCC1OC(=O)Nc1ccccc1. The van der Waals surface area contributed by atoms with E-state index in [0.29, 0.717) is 24.2 Å². The predicted octanol–water partition coefficient (Wildman–Crippen LogP) is 5.19. The van der Waals surface area contributed by atoms with Crippen LogP contribution >= 0.6 is 0 Å². The summed E-state index contributed by atoms with van der Waals surface area (Å²) in [6, 6.07) is 18.2. The number of carbonyl (C=O) groups is 2. The van der Waals surface area contributed by atoms with Crippen molar-refractivity contribution in [3.63, 3.8) is 0 Å². The van der Waals surface area contributed by atoms with E-state index in [2.05, 4.69) is 10.6 Å². The van der Waals surface area contributed by atoms with Crippen LogP contribution in [0.3, 0.4) is 0 Å². The van der Waals surface area contributed by atoms with E-state index >= 15 is 0 Å². The molecule has 0 heterocycles. The Bertz CT molecular complexity index is 673. The smallest absolute Gasteiger partial charge is 0.412 e. The van der Waals surface area contributed by atoms with Crippen molar-refractivity contribution < 1.29 is 19.1 Å². The number of ether oxygens (including phenoxy) is 2. The van der Waals surface area contributed by atoms with E-state index in [9.17, 15) is 9.59 Å². The highest BCUT2D eigenvalue weighted by molar-refractivity contribution is 5.85. The quantitative estimate of drug-likeness (QED) is 0.729. The summed E-state index contributed by atoms with van der Waals surface area (Å²) in [5, 5.41) is 5.41. The van der Waals surface area contributed by atoms with Gasteiger partial charge in [0.1, 0.15) is 12.2 Å². The minimum Gasteiger partial charge on any atom is -0.442 e. The zero-order chi connectivity index (χ0) is 18.9. The van der Waals surface area contributed by atoms with E-state index in [1.165, 1.54) is 0 Å². The molecule has 1 aliphatic rings. The van der Waals surface area contributed by atoms with Gasteiger partial charge in [0.05, 0.1) is 0 Å². The van der Waals surface area contributed by atoms with Crippen molar-refractivity contribution >= 4 is 23.6 Å². The molecule has 2 unspecified atom stereocenters. The van der Waals surface area contributed by atoms with Crippen molar-refractivity contribution in [1.29, 1.82) is 0 Å².